The number of hydrogen-bond donors (Lipinski definition) is 2. The summed E-state index contributed by atoms with van der Waals surface area (Å²) in [7, 11) is -3.26. The molecular formula is C17H16F5N3O3S. The lowest BCUT2D eigenvalue weighted by atomic mass is 10.2. The number of aromatic nitrogens is 1. The highest BCUT2D eigenvalue weighted by molar-refractivity contribution is 7.89. The fourth-order valence-electron chi connectivity index (χ4n) is 2.74. The molecule has 0 radical (unpaired) electrons. The molecular weight excluding hydrogens is 421 g/mol. The van der Waals surface area contributed by atoms with Crippen LogP contribution in [0.25, 0.3) is 0 Å². The van der Waals surface area contributed by atoms with Crippen LogP contribution >= 0.6 is 0 Å². The molecule has 12 heteroatoms. The highest BCUT2D eigenvalue weighted by atomic mass is 32.2. The Morgan fingerprint density at radius 1 is 1.21 bits per heavy atom. The molecule has 0 bridgehead atoms. The summed E-state index contributed by atoms with van der Waals surface area (Å²) < 4.78 is 94.0. The van der Waals surface area contributed by atoms with Crippen LogP contribution in [0.5, 0.6) is 0 Å². The third kappa shape index (κ3) is 3.86. The van der Waals surface area contributed by atoms with Crippen molar-refractivity contribution < 1.29 is 35.2 Å². The zero-order valence-corrected chi connectivity index (χ0v) is 16.0. The topological polar surface area (TPSA) is 80.2 Å². The summed E-state index contributed by atoms with van der Waals surface area (Å²) in [5.41, 5.74) is -3.39. The van der Waals surface area contributed by atoms with Crippen LogP contribution in [0.1, 0.15) is 28.9 Å². The molecule has 0 saturated heterocycles. The van der Waals surface area contributed by atoms with E-state index in [2.05, 4.69) is 5.32 Å². The third-order valence-corrected chi connectivity index (χ3v) is 6.22. The van der Waals surface area contributed by atoms with Gasteiger partial charge in [0.05, 0.1) is 5.69 Å². The van der Waals surface area contributed by atoms with Gasteiger partial charge in [-0.15, -0.1) is 0 Å². The molecule has 1 saturated carbocycles. The first-order valence-electron chi connectivity index (χ1n) is 8.30. The molecule has 1 aliphatic rings. The molecule has 0 aliphatic heterocycles. The summed E-state index contributed by atoms with van der Waals surface area (Å²) in [4.78, 5) is 11.8. The van der Waals surface area contributed by atoms with Crippen LogP contribution in [-0.4, -0.2) is 30.6 Å². The van der Waals surface area contributed by atoms with Crippen LogP contribution in [0.2, 0.25) is 0 Å². The van der Waals surface area contributed by atoms with Crippen LogP contribution in [0.4, 0.5) is 27.6 Å². The zero-order chi connectivity index (χ0) is 21.8. The van der Waals surface area contributed by atoms with Gasteiger partial charge >= 0.3 is 6.18 Å². The standard InChI is InChI=1S/C17H16F5N3O3S/c1-9-11(18)3-4-12(14(9)19)23-15(26)13-7-10(8-25(13)2)29(27,28)24-16(5-6-16)17(20,21)22/h3-4,7-8,24H,5-6H2,1-2H3,(H,23,26). The minimum atomic E-state index is -4.74. The number of nitrogens with one attached hydrogen (secondary N) is 2. The summed E-state index contributed by atoms with van der Waals surface area (Å²) in [6, 6.07) is 2.82. The average molecular weight is 437 g/mol. The summed E-state index contributed by atoms with van der Waals surface area (Å²) in [6.07, 6.45) is -4.53. The zero-order valence-electron chi connectivity index (χ0n) is 15.2. The number of carbonyl (C=O) groups excluding carboxylic acids is 1. The Hall–Kier alpha value is -2.47. The number of alkyl halides is 3. The van der Waals surface area contributed by atoms with Gasteiger partial charge in [-0.3, -0.25) is 4.79 Å². The number of rotatable bonds is 5. The smallest absolute Gasteiger partial charge is 0.345 e. The number of halogens is 5. The van der Waals surface area contributed by atoms with Crippen LogP contribution in [0.15, 0.2) is 29.3 Å². The highest BCUT2D eigenvalue weighted by Gasteiger charge is 2.65. The molecule has 1 amide bonds. The number of aryl methyl sites for hydroxylation is 1. The van der Waals surface area contributed by atoms with Gasteiger partial charge in [0.25, 0.3) is 5.91 Å². The van der Waals surface area contributed by atoms with Crippen molar-refractivity contribution in [2.75, 3.05) is 5.32 Å². The van der Waals surface area contributed by atoms with E-state index in [1.807, 2.05) is 0 Å². The van der Waals surface area contributed by atoms with Crippen molar-refractivity contribution in [2.45, 2.75) is 36.4 Å². The summed E-state index contributed by atoms with van der Waals surface area (Å²) >= 11 is 0. The van der Waals surface area contributed by atoms with Gasteiger partial charge in [-0.05, 0) is 38.0 Å². The SMILES string of the molecule is Cc1c(F)ccc(NC(=O)c2cc(S(=O)(=O)NC3(C(F)(F)F)CC3)cn2C)c1F. The fourth-order valence-corrected chi connectivity index (χ4v) is 4.25. The van der Waals surface area contributed by atoms with E-state index in [1.165, 1.54) is 14.0 Å². The van der Waals surface area contributed by atoms with Crippen LogP contribution in [0.3, 0.4) is 0 Å². The molecule has 2 N–H and O–H groups in total. The number of nitrogens with zero attached hydrogens (tertiary/aromatic N) is 1. The van der Waals surface area contributed by atoms with Crippen LogP contribution in [-0.2, 0) is 17.1 Å². The van der Waals surface area contributed by atoms with E-state index < -0.39 is 44.2 Å². The molecule has 1 heterocycles. The van der Waals surface area contributed by atoms with E-state index in [0.29, 0.717) is 0 Å². The third-order valence-electron chi connectivity index (χ3n) is 4.71. The normalized spacial score (nSPS) is 16.0. The Labute approximate surface area is 162 Å². The minimum absolute atomic E-state index is 0.247. The summed E-state index contributed by atoms with van der Waals surface area (Å²) in [6.45, 7) is 1.17. The monoisotopic (exact) mass is 437 g/mol. The maximum absolute atomic E-state index is 14.1. The first-order chi connectivity index (χ1) is 13.3. The fraction of sp³-hybridized carbons (Fsp3) is 0.353. The lowest BCUT2D eigenvalue weighted by Crippen LogP contribution is -2.47. The Bertz CT molecular complexity index is 1090. The Kier molecular flexibility index (Phi) is 4.98. The Morgan fingerprint density at radius 2 is 1.83 bits per heavy atom. The molecule has 3 rings (SSSR count). The van der Waals surface area contributed by atoms with Crippen molar-refractivity contribution in [3.05, 3.63) is 47.3 Å². The second kappa shape index (κ2) is 6.80. The number of sulfonamides is 1. The van der Waals surface area contributed by atoms with Crippen molar-refractivity contribution in [2.24, 2.45) is 7.05 Å². The van der Waals surface area contributed by atoms with E-state index >= 15 is 0 Å². The van der Waals surface area contributed by atoms with Gasteiger partial charge in [-0.2, -0.15) is 17.9 Å². The van der Waals surface area contributed by atoms with Crippen molar-refractivity contribution in [1.29, 1.82) is 0 Å². The second-order valence-corrected chi connectivity index (χ2v) is 8.53. The van der Waals surface area contributed by atoms with Crippen molar-refractivity contribution >= 4 is 21.6 Å². The molecule has 1 fully saturated rings. The van der Waals surface area contributed by atoms with E-state index in [9.17, 15) is 35.2 Å². The van der Waals surface area contributed by atoms with E-state index in [1.54, 1.807) is 4.72 Å². The van der Waals surface area contributed by atoms with Crippen molar-refractivity contribution in [3.63, 3.8) is 0 Å². The van der Waals surface area contributed by atoms with Gasteiger partial charge in [0.15, 0.2) is 5.82 Å². The summed E-state index contributed by atoms with van der Waals surface area (Å²) in [5.74, 6) is -2.73. The number of amides is 1. The lowest BCUT2D eigenvalue weighted by molar-refractivity contribution is -0.160. The van der Waals surface area contributed by atoms with Gasteiger partial charge in [-0.25, -0.2) is 17.2 Å². The molecule has 0 spiro atoms. The molecule has 1 aromatic heterocycles. The van der Waals surface area contributed by atoms with Crippen LogP contribution in [0, 0.1) is 18.6 Å². The van der Waals surface area contributed by atoms with Gasteiger partial charge in [0.2, 0.25) is 10.0 Å². The Morgan fingerprint density at radius 3 is 2.38 bits per heavy atom. The highest BCUT2D eigenvalue weighted by Crippen LogP contribution is 2.49. The summed E-state index contributed by atoms with van der Waals surface area (Å²) in [5, 5.41) is 2.19. The van der Waals surface area contributed by atoms with Crippen molar-refractivity contribution in [1.82, 2.24) is 9.29 Å². The second-order valence-electron chi connectivity index (χ2n) is 6.85. The minimum Gasteiger partial charge on any atom is -0.345 e. The van der Waals surface area contributed by atoms with E-state index in [4.69, 9.17) is 0 Å². The average Bonchev–Trinajstić information content (AvgIpc) is 3.28. The van der Waals surface area contributed by atoms with E-state index in [-0.39, 0.29) is 29.8 Å². The number of benzene rings is 1. The number of carbonyl (C=O) groups is 1. The maximum Gasteiger partial charge on any atom is 0.407 e. The Balaban J connectivity index is 1.85. The molecule has 6 nitrogen and oxygen atoms in total. The van der Waals surface area contributed by atoms with Crippen molar-refractivity contribution in [3.8, 4) is 0 Å². The molecule has 2 aromatic rings. The predicted molar refractivity (Wildman–Crippen MR) is 92.8 cm³/mol. The largest absolute Gasteiger partial charge is 0.407 e. The van der Waals surface area contributed by atoms with E-state index in [0.717, 1.165) is 29.0 Å². The quantitative estimate of drug-likeness (QED) is 0.705. The predicted octanol–water partition coefficient (Wildman–Crippen LogP) is 3.24. The number of anilines is 1. The first-order valence-corrected chi connectivity index (χ1v) is 9.79. The van der Waals surface area contributed by atoms with Gasteiger partial charge < -0.3 is 9.88 Å². The molecule has 1 aromatic carbocycles. The van der Waals surface area contributed by atoms with Crippen LogP contribution < -0.4 is 10.0 Å². The number of hydrogen-bond acceptors (Lipinski definition) is 3. The maximum atomic E-state index is 14.1. The van der Waals surface area contributed by atoms with Gasteiger partial charge in [-0.1, -0.05) is 0 Å². The molecule has 0 unspecified atom stereocenters. The molecule has 1 aliphatic carbocycles. The van der Waals surface area contributed by atoms with Gasteiger partial charge in [0.1, 0.15) is 21.9 Å². The lowest BCUT2D eigenvalue weighted by Gasteiger charge is -2.20. The molecule has 158 valence electrons. The first kappa shape index (κ1) is 21.2. The molecule has 0 atom stereocenters. The molecule has 29 heavy (non-hydrogen) atoms. The van der Waals surface area contributed by atoms with Gasteiger partial charge in [0, 0.05) is 18.8 Å².